The second kappa shape index (κ2) is 7.70. The van der Waals surface area contributed by atoms with Crippen molar-refractivity contribution in [1.29, 1.82) is 0 Å². The molecule has 1 aromatic carbocycles. The van der Waals surface area contributed by atoms with Crippen molar-refractivity contribution in [2.75, 3.05) is 44.7 Å². The van der Waals surface area contributed by atoms with Crippen LogP contribution in [-0.4, -0.2) is 64.9 Å². The Labute approximate surface area is 177 Å². The first kappa shape index (κ1) is 19.0. The number of pyridine rings is 1. The van der Waals surface area contributed by atoms with E-state index in [1.807, 2.05) is 31.3 Å². The number of likely N-dealkylation sites (N-methyl/N-ethyl adjacent to an activating group) is 2. The van der Waals surface area contributed by atoms with Crippen molar-refractivity contribution in [1.82, 2.24) is 19.2 Å². The Hall–Kier alpha value is -2.96. The molecule has 2 aliphatic rings. The fourth-order valence-corrected chi connectivity index (χ4v) is 4.34. The molecule has 1 fully saturated rings. The fraction of sp³-hybridized carbons (Fsp3) is 0.333. The lowest BCUT2D eigenvalue weighted by Gasteiger charge is -2.34. The van der Waals surface area contributed by atoms with Gasteiger partial charge in [0.05, 0.1) is 11.4 Å². The van der Waals surface area contributed by atoms with Crippen LogP contribution >= 0.6 is 0 Å². The summed E-state index contributed by atoms with van der Waals surface area (Å²) in [5.74, 6) is -0.0401. The number of hydrogen-bond donors (Lipinski definition) is 0. The average molecular weight is 402 g/mol. The maximum absolute atomic E-state index is 12.6. The van der Waals surface area contributed by atoms with E-state index >= 15 is 0 Å². The van der Waals surface area contributed by atoms with Crippen LogP contribution in [0.1, 0.15) is 18.2 Å². The highest BCUT2D eigenvalue weighted by Crippen LogP contribution is 2.30. The Kier molecular flexibility index (Phi) is 4.89. The van der Waals surface area contributed by atoms with Crippen LogP contribution in [0, 0.1) is 0 Å². The SMILES string of the molecule is CCN1CCN(Cc2c3nc4cc(ccn24)C=CC(=O)N(C)c2cccc-3c2)CC1. The molecule has 2 aliphatic heterocycles. The predicted octanol–water partition coefficient (Wildman–Crippen LogP) is 3.13. The number of amides is 1. The summed E-state index contributed by atoms with van der Waals surface area (Å²) in [6.45, 7) is 8.56. The van der Waals surface area contributed by atoms with Gasteiger partial charge in [-0.25, -0.2) is 4.98 Å². The molecule has 5 rings (SSSR count). The van der Waals surface area contributed by atoms with Crippen LogP contribution in [-0.2, 0) is 11.3 Å². The Morgan fingerprint density at radius 2 is 1.80 bits per heavy atom. The van der Waals surface area contributed by atoms with Crippen molar-refractivity contribution >= 4 is 23.3 Å². The van der Waals surface area contributed by atoms with Gasteiger partial charge in [0.25, 0.3) is 5.91 Å². The van der Waals surface area contributed by atoms with E-state index in [1.54, 1.807) is 11.0 Å². The van der Waals surface area contributed by atoms with Crippen LogP contribution in [0.3, 0.4) is 0 Å². The second-order valence-corrected chi connectivity index (χ2v) is 8.09. The molecule has 1 amide bonds. The number of benzene rings is 1. The quantitative estimate of drug-likeness (QED) is 0.676. The highest BCUT2D eigenvalue weighted by atomic mass is 16.2. The molecule has 0 unspecified atom stereocenters. The Bertz CT molecular complexity index is 1120. The smallest absolute Gasteiger partial charge is 0.250 e. The molecule has 2 aromatic heterocycles. The highest BCUT2D eigenvalue weighted by Gasteiger charge is 2.21. The first-order chi connectivity index (χ1) is 14.6. The van der Waals surface area contributed by atoms with E-state index in [0.29, 0.717) is 0 Å². The summed E-state index contributed by atoms with van der Waals surface area (Å²) < 4.78 is 2.20. The van der Waals surface area contributed by atoms with Gasteiger partial charge in [-0.3, -0.25) is 9.69 Å². The summed E-state index contributed by atoms with van der Waals surface area (Å²) in [6, 6.07) is 12.2. The first-order valence-corrected chi connectivity index (χ1v) is 10.6. The zero-order valence-electron chi connectivity index (χ0n) is 17.6. The van der Waals surface area contributed by atoms with Gasteiger partial charge in [0.2, 0.25) is 0 Å². The molecule has 6 heteroatoms. The number of imidazole rings is 1. The van der Waals surface area contributed by atoms with Crippen LogP contribution < -0.4 is 4.90 Å². The average Bonchev–Trinajstić information content (AvgIpc) is 3.14. The van der Waals surface area contributed by atoms with Crippen LogP contribution in [0.15, 0.2) is 48.7 Å². The number of carbonyl (C=O) groups excluding carboxylic acids is 1. The highest BCUT2D eigenvalue weighted by molar-refractivity contribution is 6.03. The summed E-state index contributed by atoms with van der Waals surface area (Å²) in [5, 5.41) is 0. The van der Waals surface area contributed by atoms with Crippen LogP contribution in [0.2, 0.25) is 0 Å². The largest absolute Gasteiger partial charge is 0.312 e. The second-order valence-electron chi connectivity index (χ2n) is 8.09. The molecule has 0 atom stereocenters. The standard InChI is InChI=1S/C24H27N5O/c1-3-27-11-13-28(14-12-27)17-21-24-19-5-4-6-20(16-19)26(2)23(30)8-7-18-9-10-29(21)22(15-18)25-24/h4-10,15-16H,3,11-14,17H2,1-2H3. The molecule has 3 aromatic rings. The molecule has 0 spiro atoms. The van der Waals surface area contributed by atoms with Gasteiger partial charge in [-0.2, -0.15) is 0 Å². The summed E-state index contributed by atoms with van der Waals surface area (Å²) >= 11 is 0. The minimum Gasteiger partial charge on any atom is -0.312 e. The van der Waals surface area contributed by atoms with Gasteiger partial charge in [0, 0.05) is 63.3 Å². The molecule has 0 saturated carbocycles. The molecule has 0 aliphatic carbocycles. The molecule has 5 bridgehead atoms. The Morgan fingerprint density at radius 3 is 2.60 bits per heavy atom. The lowest BCUT2D eigenvalue weighted by atomic mass is 10.1. The Morgan fingerprint density at radius 1 is 1.00 bits per heavy atom. The molecule has 4 heterocycles. The van der Waals surface area contributed by atoms with Crippen molar-refractivity contribution in [3.8, 4) is 11.3 Å². The van der Waals surface area contributed by atoms with E-state index in [0.717, 1.165) is 67.4 Å². The number of fused-ring (bicyclic) bond motifs is 5. The van der Waals surface area contributed by atoms with E-state index in [1.165, 1.54) is 5.69 Å². The monoisotopic (exact) mass is 401 g/mol. The number of aromatic nitrogens is 2. The van der Waals surface area contributed by atoms with Gasteiger partial charge in [0.15, 0.2) is 0 Å². The molecular formula is C24H27N5O. The van der Waals surface area contributed by atoms with Crippen molar-refractivity contribution in [2.45, 2.75) is 13.5 Å². The topological polar surface area (TPSA) is 44.1 Å². The number of hydrogen-bond acceptors (Lipinski definition) is 4. The van der Waals surface area contributed by atoms with Gasteiger partial charge in [-0.15, -0.1) is 0 Å². The summed E-state index contributed by atoms with van der Waals surface area (Å²) in [4.78, 5) is 24.3. The third kappa shape index (κ3) is 3.42. The van der Waals surface area contributed by atoms with Gasteiger partial charge in [-0.1, -0.05) is 19.1 Å². The normalized spacial score (nSPS) is 17.7. The van der Waals surface area contributed by atoms with Crippen LogP contribution in [0.25, 0.3) is 23.0 Å². The zero-order valence-corrected chi connectivity index (χ0v) is 17.6. The third-order valence-electron chi connectivity index (χ3n) is 6.29. The lowest BCUT2D eigenvalue weighted by molar-refractivity contribution is -0.113. The van der Waals surface area contributed by atoms with E-state index in [2.05, 4.69) is 45.5 Å². The van der Waals surface area contributed by atoms with Gasteiger partial charge in [-0.05, 0) is 42.4 Å². The van der Waals surface area contributed by atoms with Crippen LogP contribution in [0.4, 0.5) is 5.69 Å². The van der Waals surface area contributed by atoms with E-state index in [9.17, 15) is 4.79 Å². The van der Waals surface area contributed by atoms with Crippen molar-refractivity contribution in [3.63, 3.8) is 0 Å². The minimum absolute atomic E-state index is 0.0401. The number of anilines is 1. The Balaban J connectivity index is 1.62. The summed E-state index contributed by atoms with van der Waals surface area (Å²) in [6.07, 6.45) is 5.57. The van der Waals surface area contributed by atoms with Gasteiger partial charge < -0.3 is 14.2 Å². The minimum atomic E-state index is -0.0401. The maximum atomic E-state index is 12.6. The van der Waals surface area contributed by atoms with Crippen molar-refractivity contribution in [2.24, 2.45) is 0 Å². The molecule has 154 valence electrons. The van der Waals surface area contributed by atoms with Crippen molar-refractivity contribution < 1.29 is 4.79 Å². The number of piperazine rings is 1. The molecule has 6 nitrogen and oxygen atoms in total. The molecule has 30 heavy (non-hydrogen) atoms. The van der Waals surface area contributed by atoms with Crippen molar-refractivity contribution in [3.05, 3.63) is 59.9 Å². The van der Waals surface area contributed by atoms with E-state index in [4.69, 9.17) is 4.98 Å². The molecule has 0 radical (unpaired) electrons. The number of rotatable bonds is 3. The first-order valence-electron chi connectivity index (χ1n) is 10.6. The summed E-state index contributed by atoms with van der Waals surface area (Å²) in [7, 11) is 1.81. The number of nitrogens with zero attached hydrogens (tertiary/aromatic N) is 5. The zero-order chi connectivity index (χ0) is 20.7. The fourth-order valence-electron chi connectivity index (χ4n) is 4.34. The van der Waals surface area contributed by atoms with E-state index in [-0.39, 0.29) is 5.91 Å². The van der Waals surface area contributed by atoms with Crippen LogP contribution in [0.5, 0.6) is 0 Å². The lowest BCUT2D eigenvalue weighted by Crippen LogP contribution is -2.45. The maximum Gasteiger partial charge on any atom is 0.250 e. The van der Waals surface area contributed by atoms with E-state index < -0.39 is 0 Å². The molecule has 1 saturated heterocycles. The number of carbonyl (C=O) groups is 1. The molecular weight excluding hydrogens is 374 g/mol. The summed E-state index contributed by atoms with van der Waals surface area (Å²) in [5.41, 5.74) is 6.02. The third-order valence-corrected chi connectivity index (χ3v) is 6.29. The van der Waals surface area contributed by atoms with Gasteiger partial charge in [0.1, 0.15) is 5.65 Å². The predicted molar refractivity (Wildman–Crippen MR) is 120 cm³/mol. The molecule has 0 N–H and O–H groups in total. The van der Waals surface area contributed by atoms with Gasteiger partial charge >= 0.3 is 0 Å².